The number of nitrogens with zero attached hydrogens (tertiary/aromatic N) is 3. The molecule has 37 heavy (non-hydrogen) atoms. The van der Waals surface area contributed by atoms with Crippen molar-refractivity contribution in [3.05, 3.63) is 70.7 Å². The van der Waals surface area contributed by atoms with Gasteiger partial charge in [-0.2, -0.15) is 10.5 Å². The smallest absolute Gasteiger partial charge is 0.137 e. The summed E-state index contributed by atoms with van der Waals surface area (Å²) >= 11 is 0. The lowest BCUT2D eigenvalue weighted by molar-refractivity contribution is 0.318. The van der Waals surface area contributed by atoms with Gasteiger partial charge in [0, 0.05) is 24.4 Å². The summed E-state index contributed by atoms with van der Waals surface area (Å²) in [6.45, 7) is 8.61. The van der Waals surface area contributed by atoms with Gasteiger partial charge >= 0.3 is 0 Å². The van der Waals surface area contributed by atoms with Crippen molar-refractivity contribution in [3.8, 4) is 12.1 Å². The third-order valence-electron chi connectivity index (χ3n) is 6.71. The molecule has 0 fully saturated rings. The summed E-state index contributed by atoms with van der Waals surface area (Å²) in [6, 6.07) is 12.7. The molecule has 0 aliphatic carbocycles. The van der Waals surface area contributed by atoms with Crippen LogP contribution in [0.4, 0.5) is 5.69 Å². The molecule has 1 aromatic carbocycles. The van der Waals surface area contributed by atoms with Gasteiger partial charge in [-0.05, 0) is 55.7 Å². The van der Waals surface area contributed by atoms with Gasteiger partial charge < -0.3 is 9.64 Å². The molecule has 0 amide bonds. The van der Waals surface area contributed by atoms with Crippen LogP contribution in [-0.2, 0) is 4.74 Å². The lowest BCUT2D eigenvalue weighted by Crippen LogP contribution is -2.25. The lowest BCUT2D eigenvalue weighted by Gasteiger charge is -2.25. The van der Waals surface area contributed by atoms with Crippen LogP contribution in [0.5, 0.6) is 0 Å². The minimum atomic E-state index is 0.0914. The summed E-state index contributed by atoms with van der Waals surface area (Å²) in [4.78, 5) is 2.57. The number of hydrogen-bond acceptors (Lipinski definition) is 4. The van der Waals surface area contributed by atoms with Crippen LogP contribution in [-0.4, -0.2) is 13.1 Å². The SMILES string of the molecule is CCCCCCCCN(CCCCCCCC)c1ccc(/C=C/C2=CC(=C(C#N)C#N)C=C(C)O2)cc1. The number of allylic oxidation sites excluding steroid dienone is 6. The van der Waals surface area contributed by atoms with Crippen LogP contribution in [0.2, 0.25) is 0 Å². The van der Waals surface area contributed by atoms with Crippen molar-refractivity contribution in [2.75, 3.05) is 18.0 Å². The minimum absolute atomic E-state index is 0.0914. The molecule has 1 aromatic rings. The molecule has 198 valence electrons. The summed E-state index contributed by atoms with van der Waals surface area (Å²) < 4.78 is 5.77. The molecule has 4 heteroatoms. The topological polar surface area (TPSA) is 60.0 Å². The maximum absolute atomic E-state index is 9.18. The second-order valence-corrected chi connectivity index (χ2v) is 9.91. The summed E-state index contributed by atoms with van der Waals surface area (Å²) in [5.74, 6) is 1.28. The highest BCUT2D eigenvalue weighted by Gasteiger charge is 2.11. The van der Waals surface area contributed by atoms with Crippen molar-refractivity contribution in [2.45, 2.75) is 97.8 Å². The predicted molar refractivity (Wildman–Crippen MR) is 156 cm³/mol. The number of unbranched alkanes of at least 4 members (excludes halogenated alkanes) is 10. The number of rotatable bonds is 17. The molecule has 2 rings (SSSR count). The molecule has 0 saturated carbocycles. The molecular weight excluding hydrogens is 454 g/mol. The first-order valence-corrected chi connectivity index (χ1v) is 14.3. The largest absolute Gasteiger partial charge is 0.462 e. The molecule has 0 saturated heterocycles. The Labute approximate surface area is 225 Å². The molecule has 0 bridgehead atoms. The second-order valence-electron chi connectivity index (χ2n) is 9.91. The predicted octanol–water partition coefficient (Wildman–Crippen LogP) is 9.39. The summed E-state index contributed by atoms with van der Waals surface area (Å²) in [7, 11) is 0. The molecule has 0 spiro atoms. The van der Waals surface area contributed by atoms with Crippen molar-refractivity contribution in [2.24, 2.45) is 0 Å². The number of nitriles is 2. The van der Waals surface area contributed by atoms with E-state index in [1.165, 1.54) is 82.7 Å². The fraction of sp³-hybridized carbons (Fsp3) is 0.515. The monoisotopic (exact) mass is 499 g/mol. The fourth-order valence-electron chi connectivity index (χ4n) is 4.55. The number of ether oxygens (including phenoxy) is 1. The van der Waals surface area contributed by atoms with Crippen LogP contribution in [0.25, 0.3) is 6.08 Å². The maximum atomic E-state index is 9.18. The molecule has 4 nitrogen and oxygen atoms in total. The number of anilines is 1. The molecule has 0 unspecified atom stereocenters. The van der Waals surface area contributed by atoms with Gasteiger partial charge in [0.25, 0.3) is 0 Å². The van der Waals surface area contributed by atoms with E-state index < -0.39 is 0 Å². The Hall–Kier alpha value is -3.24. The summed E-state index contributed by atoms with van der Waals surface area (Å²) in [6.07, 6.45) is 23.2. The van der Waals surface area contributed by atoms with Gasteiger partial charge in [0.15, 0.2) is 0 Å². The normalized spacial score (nSPS) is 12.9. The van der Waals surface area contributed by atoms with E-state index in [0.717, 1.165) is 18.7 Å². The van der Waals surface area contributed by atoms with Gasteiger partial charge in [0.05, 0.1) is 0 Å². The average Bonchev–Trinajstić information content (AvgIpc) is 2.91. The molecule has 0 N–H and O–H groups in total. The van der Waals surface area contributed by atoms with Gasteiger partial charge in [-0.3, -0.25) is 0 Å². The Kier molecular flexibility index (Phi) is 14.6. The zero-order valence-electron chi connectivity index (χ0n) is 23.3. The van der Waals surface area contributed by atoms with Gasteiger partial charge in [0.2, 0.25) is 0 Å². The van der Waals surface area contributed by atoms with E-state index in [9.17, 15) is 10.5 Å². The summed E-state index contributed by atoms with van der Waals surface area (Å²) in [5.41, 5.74) is 3.06. The van der Waals surface area contributed by atoms with Crippen molar-refractivity contribution in [1.82, 2.24) is 0 Å². The van der Waals surface area contributed by atoms with Crippen molar-refractivity contribution in [3.63, 3.8) is 0 Å². The standard InChI is InChI=1S/C33H45N3O/c1-4-6-8-10-12-14-22-36(23-15-13-11-9-7-5-2)32-19-16-29(17-20-32)18-21-33-25-30(24-28(3)37-33)31(26-34)27-35/h16-21,24-25H,4-15,22-23H2,1-3H3/b21-18+. The highest BCUT2D eigenvalue weighted by atomic mass is 16.5. The van der Waals surface area contributed by atoms with E-state index in [-0.39, 0.29) is 5.57 Å². The van der Waals surface area contributed by atoms with Crippen molar-refractivity contribution < 1.29 is 4.74 Å². The van der Waals surface area contributed by atoms with E-state index >= 15 is 0 Å². The maximum Gasteiger partial charge on any atom is 0.137 e. The lowest BCUT2D eigenvalue weighted by atomic mass is 10.1. The Bertz CT molecular complexity index is 983. The molecule has 1 heterocycles. The molecule has 1 aliphatic rings. The van der Waals surface area contributed by atoms with E-state index in [0.29, 0.717) is 17.1 Å². The Morgan fingerprint density at radius 2 is 1.30 bits per heavy atom. The molecule has 0 aromatic heterocycles. The highest BCUT2D eigenvalue weighted by molar-refractivity contribution is 5.59. The van der Waals surface area contributed by atoms with Crippen molar-refractivity contribution >= 4 is 11.8 Å². The van der Waals surface area contributed by atoms with Crippen LogP contribution in [0.3, 0.4) is 0 Å². The van der Waals surface area contributed by atoms with Gasteiger partial charge in [-0.15, -0.1) is 0 Å². The average molecular weight is 500 g/mol. The molecule has 0 radical (unpaired) electrons. The second kappa shape index (κ2) is 18.1. The number of hydrogen-bond donors (Lipinski definition) is 0. The Morgan fingerprint density at radius 1 is 0.757 bits per heavy atom. The zero-order chi connectivity index (χ0) is 26.7. The quantitative estimate of drug-likeness (QED) is 0.158. The fourth-order valence-corrected chi connectivity index (χ4v) is 4.55. The van der Waals surface area contributed by atoms with Crippen LogP contribution in [0, 0.1) is 22.7 Å². The molecule has 0 atom stereocenters. The molecular formula is C33H45N3O. The number of benzene rings is 1. The zero-order valence-corrected chi connectivity index (χ0v) is 23.3. The van der Waals surface area contributed by atoms with Gasteiger partial charge in [-0.1, -0.05) is 96.3 Å². The highest BCUT2D eigenvalue weighted by Crippen LogP contribution is 2.24. The molecule has 1 aliphatic heterocycles. The minimum Gasteiger partial charge on any atom is -0.462 e. The van der Waals surface area contributed by atoms with E-state index in [4.69, 9.17) is 4.74 Å². The third kappa shape index (κ3) is 11.6. The van der Waals surface area contributed by atoms with Gasteiger partial charge in [0.1, 0.15) is 29.2 Å². The van der Waals surface area contributed by atoms with Crippen LogP contribution < -0.4 is 4.90 Å². The van der Waals surface area contributed by atoms with Crippen LogP contribution in [0.1, 0.15) is 103 Å². The van der Waals surface area contributed by atoms with Crippen LogP contribution >= 0.6 is 0 Å². The van der Waals surface area contributed by atoms with E-state index in [2.05, 4.69) is 43.0 Å². The Balaban J connectivity index is 2.01. The summed E-state index contributed by atoms with van der Waals surface area (Å²) in [5, 5.41) is 18.4. The third-order valence-corrected chi connectivity index (χ3v) is 6.71. The first-order valence-electron chi connectivity index (χ1n) is 14.3. The first kappa shape index (κ1) is 30.0. The Morgan fingerprint density at radius 3 is 1.84 bits per heavy atom. The van der Waals surface area contributed by atoms with E-state index in [1.807, 2.05) is 31.2 Å². The van der Waals surface area contributed by atoms with Crippen molar-refractivity contribution in [1.29, 1.82) is 10.5 Å². The van der Waals surface area contributed by atoms with Crippen LogP contribution in [0.15, 0.2) is 65.2 Å². The first-order chi connectivity index (χ1) is 18.1. The van der Waals surface area contributed by atoms with Gasteiger partial charge in [-0.25, -0.2) is 0 Å². The van der Waals surface area contributed by atoms with E-state index in [1.54, 1.807) is 12.2 Å².